The van der Waals surface area contributed by atoms with E-state index in [1.807, 2.05) is 0 Å². The average molecular weight is 173 g/mol. The topological polar surface area (TPSA) is 83.6 Å². The monoisotopic (exact) mass is 173 g/mol. The molecule has 0 aromatic rings. The van der Waals surface area contributed by atoms with Crippen LogP contribution in [0.25, 0.3) is 0 Å². The van der Waals surface area contributed by atoms with Gasteiger partial charge >= 0.3 is 5.97 Å². The summed E-state index contributed by atoms with van der Waals surface area (Å²) in [6.07, 6.45) is 2.84. The van der Waals surface area contributed by atoms with Gasteiger partial charge in [0.15, 0.2) is 0 Å². The van der Waals surface area contributed by atoms with E-state index in [2.05, 4.69) is 0 Å². The molecule has 1 rings (SSSR count). The molecule has 0 aromatic heterocycles. The zero-order valence-corrected chi connectivity index (χ0v) is 6.94. The van der Waals surface area contributed by atoms with Gasteiger partial charge in [-0.25, -0.2) is 0 Å². The second-order valence-electron chi connectivity index (χ2n) is 3.38. The van der Waals surface area contributed by atoms with Gasteiger partial charge in [-0.05, 0) is 12.8 Å². The third-order valence-electron chi connectivity index (χ3n) is 2.53. The molecule has 12 heavy (non-hydrogen) atoms. The Hall–Kier alpha value is -0.610. The minimum atomic E-state index is -1.01. The molecule has 0 saturated heterocycles. The van der Waals surface area contributed by atoms with E-state index in [1.165, 1.54) is 0 Å². The molecule has 0 spiro atoms. The highest BCUT2D eigenvalue weighted by molar-refractivity contribution is 5.73. The van der Waals surface area contributed by atoms with E-state index < -0.39 is 18.1 Å². The lowest BCUT2D eigenvalue weighted by molar-refractivity contribution is -0.141. The van der Waals surface area contributed by atoms with Crippen LogP contribution in [0.15, 0.2) is 0 Å². The van der Waals surface area contributed by atoms with E-state index >= 15 is 0 Å². The minimum Gasteiger partial charge on any atom is -0.480 e. The molecule has 4 N–H and O–H groups in total. The molecule has 0 amide bonds. The maximum absolute atomic E-state index is 10.5. The maximum atomic E-state index is 10.5. The highest BCUT2D eigenvalue weighted by Gasteiger charge is 2.32. The number of carbonyl (C=O) groups is 1. The molecule has 1 aliphatic rings. The molecule has 1 saturated carbocycles. The van der Waals surface area contributed by atoms with Gasteiger partial charge in [-0.15, -0.1) is 0 Å². The molecule has 0 heterocycles. The van der Waals surface area contributed by atoms with Gasteiger partial charge in [0.05, 0.1) is 6.10 Å². The fourth-order valence-corrected chi connectivity index (χ4v) is 1.74. The largest absolute Gasteiger partial charge is 0.480 e. The number of nitrogens with two attached hydrogens (primary N) is 1. The SMILES string of the molecule is N[C@H](C(=O)O)C1CCCC[C@@H]1O. The van der Waals surface area contributed by atoms with E-state index in [9.17, 15) is 9.90 Å². The molecule has 3 atom stereocenters. The summed E-state index contributed by atoms with van der Waals surface area (Å²) in [5.41, 5.74) is 5.42. The molecule has 0 bridgehead atoms. The smallest absolute Gasteiger partial charge is 0.320 e. The number of hydrogen-bond donors (Lipinski definition) is 3. The normalized spacial score (nSPS) is 32.8. The summed E-state index contributed by atoms with van der Waals surface area (Å²) in [4.78, 5) is 10.5. The first-order valence-corrected chi connectivity index (χ1v) is 4.29. The van der Waals surface area contributed by atoms with Crippen LogP contribution in [0.4, 0.5) is 0 Å². The van der Waals surface area contributed by atoms with Crippen molar-refractivity contribution in [1.82, 2.24) is 0 Å². The summed E-state index contributed by atoms with van der Waals surface area (Å²) >= 11 is 0. The minimum absolute atomic E-state index is 0.253. The Morgan fingerprint density at radius 2 is 2.00 bits per heavy atom. The Labute approximate surface area is 71.4 Å². The Bertz CT molecular complexity index is 172. The van der Waals surface area contributed by atoms with Crippen LogP contribution >= 0.6 is 0 Å². The summed E-state index contributed by atoms with van der Waals surface area (Å²) < 4.78 is 0. The van der Waals surface area contributed by atoms with Crippen LogP contribution < -0.4 is 5.73 Å². The third kappa shape index (κ3) is 1.95. The molecule has 1 aliphatic carbocycles. The molecule has 1 fully saturated rings. The average Bonchev–Trinajstić information content (AvgIpc) is 2.04. The number of carboxylic acid groups (broad SMARTS) is 1. The number of carboxylic acids is 1. The van der Waals surface area contributed by atoms with Crippen LogP contribution in [0, 0.1) is 5.92 Å². The van der Waals surface area contributed by atoms with Crippen molar-refractivity contribution in [3.8, 4) is 0 Å². The number of aliphatic carboxylic acids is 1. The molecule has 0 aromatic carbocycles. The molecule has 0 aliphatic heterocycles. The molecule has 0 radical (unpaired) electrons. The molecule has 4 heteroatoms. The highest BCUT2D eigenvalue weighted by Crippen LogP contribution is 2.26. The van der Waals surface area contributed by atoms with Crippen LogP contribution in [-0.2, 0) is 4.79 Å². The van der Waals surface area contributed by atoms with E-state index in [0.29, 0.717) is 6.42 Å². The predicted molar refractivity (Wildman–Crippen MR) is 43.6 cm³/mol. The zero-order valence-electron chi connectivity index (χ0n) is 6.94. The van der Waals surface area contributed by atoms with Crippen molar-refractivity contribution in [2.24, 2.45) is 11.7 Å². The molecular weight excluding hydrogens is 158 g/mol. The summed E-state index contributed by atoms with van der Waals surface area (Å²) in [7, 11) is 0. The Kier molecular flexibility index (Phi) is 3.05. The van der Waals surface area contributed by atoms with Crippen LogP contribution in [0.2, 0.25) is 0 Å². The van der Waals surface area contributed by atoms with Crippen molar-refractivity contribution in [2.45, 2.75) is 37.8 Å². The quantitative estimate of drug-likeness (QED) is 0.546. The standard InChI is InChI=1S/C8H15NO3/c9-7(8(11)12)5-3-1-2-4-6(5)10/h5-7,10H,1-4,9H2,(H,11,12)/t5?,6-,7-/m0/s1. The fraction of sp³-hybridized carbons (Fsp3) is 0.875. The van der Waals surface area contributed by atoms with Gasteiger partial charge in [-0.3, -0.25) is 4.79 Å². The molecular formula is C8H15NO3. The number of aliphatic hydroxyl groups is 1. The first-order chi connectivity index (χ1) is 5.63. The van der Waals surface area contributed by atoms with E-state index in [1.54, 1.807) is 0 Å². The van der Waals surface area contributed by atoms with Crippen LogP contribution in [0.5, 0.6) is 0 Å². The van der Waals surface area contributed by atoms with E-state index in [4.69, 9.17) is 10.8 Å². The number of rotatable bonds is 2. The van der Waals surface area contributed by atoms with Gasteiger partial charge in [0, 0.05) is 5.92 Å². The zero-order chi connectivity index (χ0) is 9.14. The molecule has 4 nitrogen and oxygen atoms in total. The highest BCUT2D eigenvalue weighted by atomic mass is 16.4. The van der Waals surface area contributed by atoms with E-state index in [-0.39, 0.29) is 5.92 Å². The van der Waals surface area contributed by atoms with Crippen molar-refractivity contribution >= 4 is 5.97 Å². The van der Waals surface area contributed by atoms with Crippen molar-refractivity contribution in [3.63, 3.8) is 0 Å². The second-order valence-corrected chi connectivity index (χ2v) is 3.38. The van der Waals surface area contributed by atoms with Crippen molar-refractivity contribution < 1.29 is 15.0 Å². The van der Waals surface area contributed by atoms with Crippen LogP contribution in [0.3, 0.4) is 0 Å². The summed E-state index contributed by atoms with van der Waals surface area (Å²) in [5.74, 6) is -1.27. The van der Waals surface area contributed by atoms with Gasteiger partial charge in [0.1, 0.15) is 6.04 Å². The number of hydrogen-bond acceptors (Lipinski definition) is 3. The van der Waals surface area contributed by atoms with Gasteiger partial charge in [-0.1, -0.05) is 12.8 Å². The lowest BCUT2D eigenvalue weighted by Gasteiger charge is -2.29. The van der Waals surface area contributed by atoms with E-state index in [0.717, 1.165) is 19.3 Å². The Morgan fingerprint density at radius 1 is 1.42 bits per heavy atom. The predicted octanol–water partition coefficient (Wildman–Crippen LogP) is -0.0506. The van der Waals surface area contributed by atoms with Crippen molar-refractivity contribution in [1.29, 1.82) is 0 Å². The summed E-state index contributed by atoms with van der Waals surface area (Å²) in [5, 5.41) is 18.1. The fourth-order valence-electron chi connectivity index (χ4n) is 1.74. The Morgan fingerprint density at radius 3 is 2.50 bits per heavy atom. The van der Waals surface area contributed by atoms with Crippen LogP contribution in [0.1, 0.15) is 25.7 Å². The lowest BCUT2D eigenvalue weighted by Crippen LogP contribution is -2.45. The lowest BCUT2D eigenvalue weighted by atomic mass is 9.82. The van der Waals surface area contributed by atoms with Crippen LogP contribution in [-0.4, -0.2) is 28.3 Å². The molecule has 1 unspecified atom stereocenters. The maximum Gasteiger partial charge on any atom is 0.320 e. The van der Waals surface area contributed by atoms with Gasteiger partial charge in [-0.2, -0.15) is 0 Å². The van der Waals surface area contributed by atoms with Gasteiger partial charge < -0.3 is 15.9 Å². The second kappa shape index (κ2) is 3.87. The first-order valence-electron chi connectivity index (χ1n) is 4.29. The summed E-state index contributed by atoms with van der Waals surface area (Å²) in [6.45, 7) is 0. The van der Waals surface area contributed by atoms with Crippen molar-refractivity contribution in [2.75, 3.05) is 0 Å². The molecule has 70 valence electrons. The van der Waals surface area contributed by atoms with Gasteiger partial charge in [0.2, 0.25) is 0 Å². The Balaban J connectivity index is 2.53. The van der Waals surface area contributed by atoms with Gasteiger partial charge in [0.25, 0.3) is 0 Å². The van der Waals surface area contributed by atoms with Crippen molar-refractivity contribution in [3.05, 3.63) is 0 Å². The third-order valence-corrected chi connectivity index (χ3v) is 2.53. The first kappa shape index (κ1) is 9.48. The number of aliphatic hydroxyl groups excluding tert-OH is 1. The summed E-state index contributed by atoms with van der Waals surface area (Å²) in [6, 6.07) is -0.903.